The lowest BCUT2D eigenvalue weighted by Gasteiger charge is -2.41. The number of phenols is 6. The van der Waals surface area contributed by atoms with Gasteiger partial charge in [0.25, 0.3) is 0 Å². The molecule has 0 bridgehead atoms. The first-order valence-electron chi connectivity index (χ1n) is 15.9. The second-order valence-electron chi connectivity index (χ2n) is 12.6. The van der Waals surface area contributed by atoms with Crippen molar-refractivity contribution in [1.82, 2.24) is 0 Å². The molecule has 1 saturated heterocycles. The molecule has 8 atom stereocenters. The van der Waals surface area contributed by atoms with Crippen molar-refractivity contribution in [2.24, 2.45) is 0 Å². The number of ether oxygens (including phenoxy) is 4. The van der Waals surface area contributed by atoms with E-state index in [-0.39, 0.29) is 40.2 Å². The Labute approximate surface area is 293 Å². The molecule has 7 rings (SSSR count). The summed E-state index contributed by atoms with van der Waals surface area (Å²) in [6, 6.07) is 12.1. The van der Waals surface area contributed by atoms with E-state index in [0.29, 0.717) is 0 Å². The van der Waals surface area contributed by atoms with Crippen LogP contribution in [0.1, 0.15) is 62.0 Å². The predicted molar refractivity (Wildman–Crippen MR) is 173 cm³/mol. The molecule has 16 nitrogen and oxygen atoms in total. The summed E-state index contributed by atoms with van der Waals surface area (Å²) >= 11 is 0. The summed E-state index contributed by atoms with van der Waals surface area (Å²) in [5, 5.41) is 104. The molecule has 3 aliphatic heterocycles. The molecule has 0 amide bonds. The second-order valence-corrected chi connectivity index (χ2v) is 12.6. The van der Waals surface area contributed by atoms with Gasteiger partial charge in [-0.3, -0.25) is 9.59 Å². The molecular formula is C36H32O16. The number of carbonyl (C=O) groups is 2. The minimum Gasteiger partial charge on any atom is -0.508 e. The Hall–Kier alpha value is -5.78. The largest absolute Gasteiger partial charge is 0.508 e. The summed E-state index contributed by atoms with van der Waals surface area (Å²) in [7, 11) is 0. The zero-order valence-corrected chi connectivity index (χ0v) is 26.7. The van der Waals surface area contributed by atoms with Gasteiger partial charge in [0, 0.05) is 18.2 Å². The zero-order chi connectivity index (χ0) is 37.2. The van der Waals surface area contributed by atoms with E-state index in [1.807, 2.05) is 0 Å². The maximum atomic E-state index is 14.7. The molecular weight excluding hydrogens is 688 g/mol. The Balaban J connectivity index is 1.47. The van der Waals surface area contributed by atoms with Gasteiger partial charge >= 0.3 is 0 Å². The van der Waals surface area contributed by atoms with Crippen LogP contribution in [0.4, 0.5) is 0 Å². The van der Waals surface area contributed by atoms with Gasteiger partial charge in [-0.2, -0.15) is 0 Å². The summed E-state index contributed by atoms with van der Waals surface area (Å²) in [6.45, 7) is -0.813. The number of ketones is 2. The Morgan fingerprint density at radius 2 is 1.38 bits per heavy atom. The molecule has 16 heteroatoms. The SMILES string of the molecule is O=C1CC(c2ccc(O)c(O)c2)Oc2c1c(O)cc(OC1OC(CO)C(O)C(O)C1O)c2C1C(=O)c2c(O)cc(O)cc2OC1c1ccc(O)cc1. The molecule has 0 radical (unpaired) electrons. The van der Waals surface area contributed by atoms with Gasteiger partial charge in [-0.05, 0) is 35.4 Å². The number of benzene rings is 4. The highest BCUT2D eigenvalue weighted by Crippen LogP contribution is 2.56. The Morgan fingerprint density at radius 1 is 0.692 bits per heavy atom. The van der Waals surface area contributed by atoms with Gasteiger partial charge in [0.1, 0.15) is 88.0 Å². The van der Waals surface area contributed by atoms with Crippen molar-refractivity contribution in [2.45, 2.75) is 55.3 Å². The molecule has 4 aromatic carbocycles. The normalized spacial score (nSPS) is 26.8. The van der Waals surface area contributed by atoms with E-state index in [1.54, 1.807) is 0 Å². The number of aliphatic hydroxyl groups excluding tert-OH is 4. The molecule has 272 valence electrons. The monoisotopic (exact) mass is 720 g/mol. The van der Waals surface area contributed by atoms with E-state index in [2.05, 4.69) is 0 Å². The van der Waals surface area contributed by atoms with E-state index in [4.69, 9.17) is 18.9 Å². The maximum Gasteiger partial charge on any atom is 0.229 e. The molecule has 0 aliphatic carbocycles. The maximum absolute atomic E-state index is 14.7. The van der Waals surface area contributed by atoms with E-state index in [1.165, 1.54) is 36.4 Å². The smallest absolute Gasteiger partial charge is 0.229 e. The molecule has 0 spiro atoms. The highest BCUT2D eigenvalue weighted by molar-refractivity contribution is 6.09. The predicted octanol–water partition coefficient (Wildman–Crippen LogP) is 1.91. The van der Waals surface area contributed by atoms with Gasteiger partial charge in [0.2, 0.25) is 6.29 Å². The molecule has 1 fully saturated rings. The number of rotatable bonds is 6. The van der Waals surface area contributed by atoms with Crippen LogP contribution in [0.25, 0.3) is 0 Å². The van der Waals surface area contributed by atoms with Gasteiger partial charge in [0.15, 0.2) is 23.1 Å². The summed E-state index contributed by atoms with van der Waals surface area (Å²) in [5.74, 6) is -7.21. The van der Waals surface area contributed by atoms with Crippen LogP contribution in [0, 0.1) is 0 Å². The van der Waals surface area contributed by atoms with E-state index >= 15 is 0 Å². The summed E-state index contributed by atoms with van der Waals surface area (Å²) < 4.78 is 24.2. The third-order valence-corrected chi connectivity index (χ3v) is 9.32. The fourth-order valence-corrected chi connectivity index (χ4v) is 6.72. The molecule has 52 heavy (non-hydrogen) atoms. The van der Waals surface area contributed by atoms with Crippen molar-refractivity contribution in [3.63, 3.8) is 0 Å². The number of hydrogen-bond donors (Lipinski definition) is 10. The molecule has 0 saturated carbocycles. The van der Waals surface area contributed by atoms with Gasteiger partial charge < -0.3 is 70.0 Å². The molecule has 10 N–H and O–H groups in total. The van der Waals surface area contributed by atoms with E-state index in [0.717, 1.165) is 24.3 Å². The molecule has 3 heterocycles. The van der Waals surface area contributed by atoms with Crippen LogP contribution >= 0.6 is 0 Å². The topological polar surface area (TPSA) is 273 Å². The van der Waals surface area contributed by atoms with Gasteiger partial charge in [-0.1, -0.05) is 18.2 Å². The van der Waals surface area contributed by atoms with Crippen LogP contribution < -0.4 is 14.2 Å². The Kier molecular flexibility index (Phi) is 8.72. The zero-order valence-electron chi connectivity index (χ0n) is 26.7. The number of Topliss-reactive ketones (excluding diaryl/α,β-unsaturated/α-hetero) is 2. The van der Waals surface area contributed by atoms with E-state index in [9.17, 15) is 60.7 Å². The fraction of sp³-hybridized carbons (Fsp3) is 0.278. The molecule has 0 aromatic heterocycles. The minimum absolute atomic E-state index is 0.138. The lowest BCUT2D eigenvalue weighted by molar-refractivity contribution is -0.277. The van der Waals surface area contributed by atoms with Crippen LogP contribution in [0.2, 0.25) is 0 Å². The van der Waals surface area contributed by atoms with Gasteiger partial charge in [-0.25, -0.2) is 0 Å². The average Bonchev–Trinajstić information content (AvgIpc) is 3.10. The molecule has 8 unspecified atom stereocenters. The van der Waals surface area contributed by atoms with Crippen LogP contribution in [0.5, 0.6) is 51.7 Å². The number of fused-ring (bicyclic) bond motifs is 2. The number of hydrogen-bond acceptors (Lipinski definition) is 16. The first-order valence-corrected chi connectivity index (χ1v) is 15.9. The first-order chi connectivity index (χ1) is 24.8. The van der Waals surface area contributed by atoms with Crippen molar-refractivity contribution in [1.29, 1.82) is 0 Å². The van der Waals surface area contributed by atoms with Crippen LogP contribution in [0.15, 0.2) is 60.7 Å². The molecule has 4 aromatic rings. The highest BCUT2D eigenvalue weighted by atomic mass is 16.7. The first kappa shape index (κ1) is 34.7. The average molecular weight is 721 g/mol. The van der Waals surface area contributed by atoms with Crippen molar-refractivity contribution in [3.05, 3.63) is 88.5 Å². The van der Waals surface area contributed by atoms with Crippen molar-refractivity contribution >= 4 is 11.6 Å². The van der Waals surface area contributed by atoms with Gasteiger partial charge in [-0.15, -0.1) is 0 Å². The summed E-state index contributed by atoms with van der Waals surface area (Å²) in [5.41, 5.74) is -0.604. The van der Waals surface area contributed by atoms with Crippen LogP contribution in [0.3, 0.4) is 0 Å². The highest BCUT2D eigenvalue weighted by Gasteiger charge is 2.49. The molecule has 3 aliphatic rings. The lowest BCUT2D eigenvalue weighted by atomic mass is 9.78. The standard InChI is InChI=1S/C36H32O16/c37-12-25-30(45)32(47)33(48)36(52-25)51-24-11-21(44)26-20(43)10-22(14-3-6-17(40)18(41)7-14)49-35(26)28(24)29-31(46)27-19(42)8-16(39)9-23(27)50-34(29)13-1-4-15(38)5-2-13/h1-9,11,22,25,29-30,32-34,36-42,44-45,47-48H,10,12H2. The van der Waals surface area contributed by atoms with E-state index < -0.39 is 113 Å². The lowest BCUT2D eigenvalue weighted by Crippen LogP contribution is -2.60. The second kappa shape index (κ2) is 13.1. The summed E-state index contributed by atoms with van der Waals surface area (Å²) in [4.78, 5) is 28.5. The van der Waals surface area contributed by atoms with Gasteiger partial charge in [0.05, 0.1) is 24.5 Å². The third-order valence-electron chi connectivity index (χ3n) is 9.32. The number of phenolic OH excluding ortho intramolecular Hbond substituents is 6. The number of aromatic hydroxyl groups is 6. The van der Waals surface area contributed by atoms with Crippen LogP contribution in [-0.2, 0) is 4.74 Å². The van der Waals surface area contributed by atoms with Crippen molar-refractivity contribution in [3.8, 4) is 51.7 Å². The quantitative estimate of drug-likeness (QED) is 0.127. The number of aliphatic hydroxyl groups is 4. The Morgan fingerprint density at radius 3 is 2.08 bits per heavy atom. The number of carbonyl (C=O) groups excluding carboxylic acids is 2. The third kappa shape index (κ3) is 5.81. The minimum atomic E-state index is -1.96. The summed E-state index contributed by atoms with van der Waals surface area (Å²) in [6.07, 6.45) is -11.8. The van der Waals surface area contributed by atoms with Crippen molar-refractivity contribution in [2.75, 3.05) is 6.61 Å². The Bertz CT molecular complexity index is 2060. The van der Waals surface area contributed by atoms with Crippen LogP contribution in [-0.4, -0.2) is 99.9 Å². The fourth-order valence-electron chi connectivity index (χ4n) is 6.72. The van der Waals surface area contributed by atoms with Crippen molar-refractivity contribution < 1.29 is 79.6 Å².